The molecular weight excluding hydrogens is 386 g/mol. The molecule has 0 aliphatic carbocycles. The summed E-state index contributed by atoms with van der Waals surface area (Å²) in [5.74, 6) is 0. The highest BCUT2D eigenvalue weighted by atomic mass is 79.9. The quantitative estimate of drug-likeness (QED) is 0.579. The number of halogens is 1. The Balaban J connectivity index is 2.42. The molecule has 1 aromatic carbocycles. The molecule has 0 bridgehead atoms. The zero-order chi connectivity index (χ0) is 14.9. The molecule has 0 radical (unpaired) electrons. The number of sulfone groups is 1. The Bertz CT molecular complexity index is 752. The molecule has 1 heterocycles. The maximum atomic E-state index is 11.5. The van der Waals surface area contributed by atoms with Crippen LogP contribution in [-0.4, -0.2) is 19.6 Å². The Hall–Kier alpha value is -0.900. The van der Waals surface area contributed by atoms with Gasteiger partial charge >= 0.3 is 0 Å². The molecule has 0 saturated heterocycles. The summed E-state index contributed by atoms with van der Waals surface area (Å²) < 4.78 is 24.2. The van der Waals surface area contributed by atoms with Gasteiger partial charge in [-0.2, -0.15) is 0 Å². The number of nitrogens with zero attached hydrogens (tertiary/aromatic N) is 1. The van der Waals surface area contributed by atoms with Crippen LogP contribution in [0.4, 0.5) is 5.69 Å². The molecule has 0 aliphatic rings. The summed E-state index contributed by atoms with van der Waals surface area (Å²) in [6, 6.07) is 8.36. The van der Waals surface area contributed by atoms with E-state index >= 15 is 0 Å². The largest absolute Gasteiger partial charge is 0.295 e. The van der Waals surface area contributed by atoms with Crippen molar-refractivity contribution in [3.63, 3.8) is 0 Å². The molecule has 0 spiro atoms. The van der Waals surface area contributed by atoms with Crippen molar-refractivity contribution in [1.29, 1.82) is 0 Å². The van der Waals surface area contributed by atoms with E-state index in [1.165, 1.54) is 11.8 Å². The molecule has 0 aliphatic heterocycles. The molecule has 5 nitrogen and oxygen atoms in total. The SMILES string of the molecule is CS(=O)(=O)c1cc([N+](=O)[O-])c(Sc2ccc(Br)cc2)s1. The smallest absolute Gasteiger partial charge is 0.258 e. The van der Waals surface area contributed by atoms with Crippen molar-refractivity contribution in [2.45, 2.75) is 13.3 Å². The summed E-state index contributed by atoms with van der Waals surface area (Å²) in [7, 11) is -3.44. The minimum atomic E-state index is -3.44. The summed E-state index contributed by atoms with van der Waals surface area (Å²) in [4.78, 5) is 11.2. The van der Waals surface area contributed by atoms with Gasteiger partial charge in [-0.25, -0.2) is 8.42 Å². The van der Waals surface area contributed by atoms with Crippen molar-refractivity contribution in [3.8, 4) is 0 Å². The lowest BCUT2D eigenvalue weighted by atomic mass is 10.4. The summed E-state index contributed by atoms with van der Waals surface area (Å²) in [6.45, 7) is 0. The molecule has 0 atom stereocenters. The lowest BCUT2D eigenvalue weighted by Gasteiger charge is -1.98. The van der Waals surface area contributed by atoms with Gasteiger partial charge in [0, 0.05) is 21.7 Å². The third-order valence-corrected chi connectivity index (χ3v) is 6.89. The van der Waals surface area contributed by atoms with Crippen molar-refractivity contribution >= 4 is 54.6 Å². The van der Waals surface area contributed by atoms with Crippen LogP contribution in [0.1, 0.15) is 0 Å². The van der Waals surface area contributed by atoms with E-state index in [4.69, 9.17) is 0 Å². The van der Waals surface area contributed by atoms with Gasteiger partial charge in [0.1, 0.15) is 8.42 Å². The van der Waals surface area contributed by atoms with Gasteiger partial charge in [-0.05, 0) is 24.3 Å². The third kappa shape index (κ3) is 3.60. The fourth-order valence-electron chi connectivity index (χ4n) is 1.34. The van der Waals surface area contributed by atoms with Gasteiger partial charge in [0.2, 0.25) is 0 Å². The van der Waals surface area contributed by atoms with Gasteiger partial charge in [-0.1, -0.05) is 27.7 Å². The van der Waals surface area contributed by atoms with Crippen LogP contribution in [0.2, 0.25) is 0 Å². The molecule has 1 aromatic heterocycles. The number of hydrogen-bond donors (Lipinski definition) is 0. The second kappa shape index (κ2) is 5.84. The number of benzene rings is 1. The number of thiophene rings is 1. The van der Waals surface area contributed by atoms with Crippen LogP contribution in [0.3, 0.4) is 0 Å². The zero-order valence-corrected chi connectivity index (χ0v) is 14.1. The molecular formula is C11H8BrNO4S3. The molecule has 9 heteroatoms. The van der Waals surface area contributed by atoms with Crippen LogP contribution < -0.4 is 0 Å². The van der Waals surface area contributed by atoms with Crippen molar-refractivity contribution in [2.24, 2.45) is 0 Å². The summed E-state index contributed by atoms with van der Waals surface area (Å²) in [5, 5.41) is 11.0. The molecule has 0 amide bonds. The van der Waals surface area contributed by atoms with Gasteiger partial charge in [-0.15, -0.1) is 11.3 Å². The van der Waals surface area contributed by atoms with Crippen molar-refractivity contribution in [2.75, 3.05) is 6.26 Å². The molecule has 20 heavy (non-hydrogen) atoms. The molecule has 0 N–H and O–H groups in total. The molecule has 106 valence electrons. The van der Waals surface area contributed by atoms with Crippen LogP contribution in [0.25, 0.3) is 0 Å². The summed E-state index contributed by atoms with van der Waals surface area (Å²) in [6.07, 6.45) is 1.04. The summed E-state index contributed by atoms with van der Waals surface area (Å²) >= 11 is 5.40. The average molecular weight is 394 g/mol. The normalized spacial score (nSPS) is 11.5. The Kier molecular flexibility index (Phi) is 4.52. The fourth-order valence-corrected chi connectivity index (χ4v) is 4.98. The second-order valence-electron chi connectivity index (χ2n) is 3.82. The lowest BCUT2D eigenvalue weighted by Crippen LogP contribution is -1.92. The van der Waals surface area contributed by atoms with Crippen molar-refractivity contribution in [3.05, 3.63) is 44.9 Å². The highest BCUT2D eigenvalue weighted by Gasteiger charge is 2.24. The Morgan fingerprint density at radius 3 is 2.40 bits per heavy atom. The summed E-state index contributed by atoms with van der Waals surface area (Å²) in [5.41, 5.74) is -0.177. The first kappa shape index (κ1) is 15.5. The van der Waals surface area contributed by atoms with Crippen LogP contribution in [0.5, 0.6) is 0 Å². The van der Waals surface area contributed by atoms with E-state index in [0.717, 1.165) is 33.0 Å². The van der Waals surface area contributed by atoms with E-state index in [-0.39, 0.29) is 9.90 Å². The molecule has 0 fully saturated rings. The van der Waals surface area contributed by atoms with E-state index < -0.39 is 14.8 Å². The maximum absolute atomic E-state index is 11.5. The molecule has 2 aromatic rings. The fraction of sp³-hybridized carbons (Fsp3) is 0.0909. The number of hydrogen-bond acceptors (Lipinski definition) is 6. The van der Waals surface area contributed by atoms with Gasteiger partial charge in [0.25, 0.3) is 5.69 Å². The third-order valence-electron chi connectivity index (χ3n) is 2.24. The topological polar surface area (TPSA) is 77.3 Å². The standard InChI is InChI=1S/C11H8BrNO4S3/c1-20(16,17)10-6-9(13(14)15)11(19-10)18-8-4-2-7(12)3-5-8/h2-6H,1H3. The second-order valence-corrected chi connectivity index (χ2v) is 9.38. The lowest BCUT2D eigenvalue weighted by molar-refractivity contribution is -0.387. The highest BCUT2D eigenvalue weighted by molar-refractivity contribution is 9.10. The highest BCUT2D eigenvalue weighted by Crippen LogP contribution is 2.42. The van der Waals surface area contributed by atoms with Crippen LogP contribution in [-0.2, 0) is 9.84 Å². The van der Waals surface area contributed by atoms with Crippen molar-refractivity contribution in [1.82, 2.24) is 0 Å². The van der Waals surface area contributed by atoms with E-state index in [2.05, 4.69) is 15.9 Å². The average Bonchev–Trinajstić information content (AvgIpc) is 2.76. The predicted octanol–water partition coefficient (Wildman–Crippen LogP) is 3.97. The van der Waals surface area contributed by atoms with Gasteiger partial charge in [0.15, 0.2) is 9.84 Å². The molecule has 0 saturated carbocycles. The predicted molar refractivity (Wildman–Crippen MR) is 82.3 cm³/mol. The first-order valence-electron chi connectivity index (χ1n) is 5.19. The Morgan fingerprint density at radius 2 is 1.90 bits per heavy atom. The van der Waals surface area contributed by atoms with E-state index in [1.807, 2.05) is 12.1 Å². The first-order valence-corrected chi connectivity index (χ1v) is 9.51. The Labute approximate surface area is 132 Å². The van der Waals surface area contributed by atoms with Gasteiger partial charge < -0.3 is 0 Å². The number of nitro groups is 1. The van der Waals surface area contributed by atoms with E-state index in [9.17, 15) is 18.5 Å². The van der Waals surface area contributed by atoms with Gasteiger partial charge in [0.05, 0.1) is 4.92 Å². The molecule has 0 unspecified atom stereocenters. The minimum Gasteiger partial charge on any atom is -0.258 e. The van der Waals surface area contributed by atoms with Crippen LogP contribution >= 0.6 is 39.0 Å². The first-order chi connectivity index (χ1) is 9.27. The Morgan fingerprint density at radius 1 is 1.30 bits per heavy atom. The number of rotatable bonds is 4. The zero-order valence-electron chi connectivity index (χ0n) is 10.1. The monoisotopic (exact) mass is 393 g/mol. The van der Waals surface area contributed by atoms with E-state index in [1.54, 1.807) is 12.1 Å². The maximum Gasteiger partial charge on any atom is 0.295 e. The van der Waals surface area contributed by atoms with E-state index in [0.29, 0.717) is 4.21 Å². The van der Waals surface area contributed by atoms with Crippen LogP contribution in [0, 0.1) is 10.1 Å². The van der Waals surface area contributed by atoms with Gasteiger partial charge in [-0.3, -0.25) is 10.1 Å². The molecule has 2 rings (SSSR count). The van der Waals surface area contributed by atoms with Crippen LogP contribution in [0.15, 0.2) is 48.1 Å². The minimum absolute atomic E-state index is 0.00353. The van der Waals surface area contributed by atoms with Crippen molar-refractivity contribution < 1.29 is 13.3 Å².